The fourth-order valence-corrected chi connectivity index (χ4v) is 2.20. The summed E-state index contributed by atoms with van der Waals surface area (Å²) in [6.07, 6.45) is 0. The Morgan fingerprint density at radius 1 is 1.00 bits per heavy atom. The summed E-state index contributed by atoms with van der Waals surface area (Å²) in [5, 5.41) is 12.9. The van der Waals surface area contributed by atoms with E-state index in [0.29, 0.717) is 18.0 Å². The van der Waals surface area contributed by atoms with E-state index in [9.17, 15) is 5.11 Å². The molecule has 4 nitrogen and oxygen atoms in total. The highest BCUT2D eigenvalue weighted by Gasteiger charge is 2.10. The molecule has 2 N–H and O–H groups in total. The topological polar surface area (TPSA) is 50.7 Å². The van der Waals surface area contributed by atoms with Crippen LogP contribution in [0.4, 0.5) is 0 Å². The second-order valence-electron chi connectivity index (χ2n) is 4.72. The standard InChI is InChI=1S/C17H21NO3/c1-20-16-9-8-13(10-17(16)21-2)11-18-15(12-19)14-6-4-3-5-7-14/h3-10,15,18-19H,11-12H2,1-2H3/t15-/m0/s1. The van der Waals surface area contributed by atoms with Crippen molar-refractivity contribution in [3.8, 4) is 11.5 Å². The first-order valence-corrected chi connectivity index (χ1v) is 6.88. The van der Waals surface area contributed by atoms with Crippen molar-refractivity contribution in [2.75, 3.05) is 20.8 Å². The van der Waals surface area contributed by atoms with Gasteiger partial charge in [0.25, 0.3) is 0 Å². The van der Waals surface area contributed by atoms with Crippen molar-refractivity contribution in [3.05, 3.63) is 59.7 Å². The van der Waals surface area contributed by atoms with Gasteiger partial charge in [0.1, 0.15) is 0 Å². The van der Waals surface area contributed by atoms with Crippen molar-refractivity contribution in [1.82, 2.24) is 5.32 Å². The minimum Gasteiger partial charge on any atom is -0.493 e. The normalized spacial score (nSPS) is 12.0. The van der Waals surface area contributed by atoms with Gasteiger partial charge in [0.15, 0.2) is 11.5 Å². The Morgan fingerprint density at radius 2 is 1.71 bits per heavy atom. The first-order valence-electron chi connectivity index (χ1n) is 6.88. The molecule has 4 heteroatoms. The molecule has 0 aliphatic carbocycles. The maximum absolute atomic E-state index is 9.53. The number of hydrogen-bond acceptors (Lipinski definition) is 4. The highest BCUT2D eigenvalue weighted by molar-refractivity contribution is 5.42. The fourth-order valence-electron chi connectivity index (χ4n) is 2.20. The van der Waals surface area contributed by atoms with E-state index in [-0.39, 0.29) is 12.6 Å². The van der Waals surface area contributed by atoms with Crippen LogP contribution in [-0.2, 0) is 6.54 Å². The molecule has 0 aliphatic rings. The van der Waals surface area contributed by atoms with Crippen LogP contribution in [0.3, 0.4) is 0 Å². The monoisotopic (exact) mass is 287 g/mol. The zero-order chi connectivity index (χ0) is 15.1. The molecule has 0 saturated carbocycles. The summed E-state index contributed by atoms with van der Waals surface area (Å²) in [5.74, 6) is 1.42. The molecule has 21 heavy (non-hydrogen) atoms. The first-order chi connectivity index (χ1) is 10.3. The van der Waals surface area contributed by atoms with Crippen LogP contribution in [0.15, 0.2) is 48.5 Å². The van der Waals surface area contributed by atoms with Crippen molar-refractivity contribution in [2.24, 2.45) is 0 Å². The predicted octanol–water partition coefficient (Wildman–Crippen LogP) is 2.53. The summed E-state index contributed by atoms with van der Waals surface area (Å²) in [6, 6.07) is 15.6. The zero-order valence-corrected chi connectivity index (χ0v) is 12.4. The molecule has 1 atom stereocenters. The summed E-state index contributed by atoms with van der Waals surface area (Å²) in [4.78, 5) is 0. The van der Waals surface area contributed by atoms with Crippen LogP contribution in [0.5, 0.6) is 11.5 Å². The van der Waals surface area contributed by atoms with Gasteiger partial charge in [-0.3, -0.25) is 0 Å². The molecule has 0 aliphatic heterocycles. The number of hydrogen-bond donors (Lipinski definition) is 2. The molecule has 0 fully saturated rings. The molecule has 0 heterocycles. The van der Waals surface area contributed by atoms with E-state index in [0.717, 1.165) is 11.1 Å². The van der Waals surface area contributed by atoms with Crippen LogP contribution >= 0.6 is 0 Å². The van der Waals surface area contributed by atoms with Crippen LogP contribution in [0.1, 0.15) is 17.2 Å². The number of methoxy groups -OCH3 is 2. The highest BCUT2D eigenvalue weighted by atomic mass is 16.5. The molecule has 0 saturated heterocycles. The third-order valence-electron chi connectivity index (χ3n) is 3.39. The number of aliphatic hydroxyl groups excluding tert-OH is 1. The second-order valence-corrected chi connectivity index (χ2v) is 4.72. The van der Waals surface area contributed by atoms with E-state index in [1.54, 1.807) is 14.2 Å². The number of aliphatic hydroxyl groups is 1. The minimum absolute atomic E-state index is 0.0529. The van der Waals surface area contributed by atoms with Crippen LogP contribution in [0.2, 0.25) is 0 Å². The van der Waals surface area contributed by atoms with Crippen molar-refractivity contribution in [1.29, 1.82) is 0 Å². The maximum atomic E-state index is 9.53. The number of rotatable bonds is 7. The Labute approximate surface area is 125 Å². The van der Waals surface area contributed by atoms with Gasteiger partial charge in [-0.15, -0.1) is 0 Å². The lowest BCUT2D eigenvalue weighted by Crippen LogP contribution is -2.23. The van der Waals surface area contributed by atoms with Crippen molar-refractivity contribution in [3.63, 3.8) is 0 Å². The zero-order valence-electron chi connectivity index (χ0n) is 12.4. The lowest BCUT2D eigenvalue weighted by atomic mass is 10.1. The Hall–Kier alpha value is -2.04. The minimum atomic E-state index is -0.0840. The average Bonchev–Trinajstić information content (AvgIpc) is 2.56. The summed E-state index contributed by atoms with van der Waals surface area (Å²) in [5.41, 5.74) is 2.14. The number of ether oxygens (including phenoxy) is 2. The van der Waals surface area contributed by atoms with Gasteiger partial charge in [-0.25, -0.2) is 0 Å². The number of nitrogens with one attached hydrogen (secondary N) is 1. The molecular formula is C17H21NO3. The summed E-state index contributed by atoms with van der Waals surface area (Å²) in [7, 11) is 3.24. The van der Waals surface area contributed by atoms with E-state index in [1.165, 1.54) is 0 Å². The molecule has 0 amide bonds. The smallest absolute Gasteiger partial charge is 0.161 e. The Kier molecular flexibility index (Phi) is 5.60. The predicted molar refractivity (Wildman–Crippen MR) is 82.7 cm³/mol. The lowest BCUT2D eigenvalue weighted by molar-refractivity contribution is 0.243. The molecule has 2 aromatic rings. The van der Waals surface area contributed by atoms with Gasteiger partial charge in [0.2, 0.25) is 0 Å². The molecule has 0 aromatic heterocycles. The molecule has 0 unspecified atom stereocenters. The van der Waals surface area contributed by atoms with Crippen LogP contribution in [0, 0.1) is 0 Å². The number of benzene rings is 2. The van der Waals surface area contributed by atoms with E-state index in [4.69, 9.17) is 9.47 Å². The van der Waals surface area contributed by atoms with Crippen LogP contribution < -0.4 is 14.8 Å². The molecular weight excluding hydrogens is 266 g/mol. The van der Waals surface area contributed by atoms with E-state index >= 15 is 0 Å². The SMILES string of the molecule is COc1ccc(CN[C@@H](CO)c2ccccc2)cc1OC. The average molecular weight is 287 g/mol. The van der Waals surface area contributed by atoms with Gasteiger partial charge in [0.05, 0.1) is 26.9 Å². The first kappa shape index (κ1) is 15.4. The summed E-state index contributed by atoms with van der Waals surface area (Å²) >= 11 is 0. The van der Waals surface area contributed by atoms with Gasteiger partial charge in [0, 0.05) is 6.54 Å². The van der Waals surface area contributed by atoms with E-state index < -0.39 is 0 Å². The Balaban J connectivity index is 2.05. The maximum Gasteiger partial charge on any atom is 0.161 e. The van der Waals surface area contributed by atoms with Gasteiger partial charge >= 0.3 is 0 Å². The van der Waals surface area contributed by atoms with Crippen LogP contribution in [-0.4, -0.2) is 25.9 Å². The van der Waals surface area contributed by atoms with Crippen LogP contribution in [0.25, 0.3) is 0 Å². The molecule has 0 radical (unpaired) electrons. The van der Waals surface area contributed by atoms with Gasteiger partial charge < -0.3 is 19.9 Å². The molecule has 0 spiro atoms. The quantitative estimate of drug-likeness (QED) is 0.821. The third-order valence-corrected chi connectivity index (χ3v) is 3.39. The Bertz CT molecular complexity index is 557. The molecule has 2 rings (SSSR count). The van der Waals surface area contributed by atoms with Gasteiger partial charge in [-0.1, -0.05) is 36.4 Å². The highest BCUT2D eigenvalue weighted by Crippen LogP contribution is 2.27. The largest absolute Gasteiger partial charge is 0.493 e. The molecule has 0 bridgehead atoms. The van der Waals surface area contributed by atoms with Gasteiger partial charge in [-0.05, 0) is 23.3 Å². The third kappa shape index (κ3) is 3.97. The van der Waals surface area contributed by atoms with E-state index in [1.807, 2.05) is 48.5 Å². The molecule has 2 aromatic carbocycles. The van der Waals surface area contributed by atoms with E-state index in [2.05, 4.69) is 5.32 Å². The summed E-state index contributed by atoms with van der Waals surface area (Å²) < 4.78 is 10.5. The fraction of sp³-hybridized carbons (Fsp3) is 0.294. The lowest BCUT2D eigenvalue weighted by Gasteiger charge is -2.17. The van der Waals surface area contributed by atoms with Crippen molar-refractivity contribution >= 4 is 0 Å². The van der Waals surface area contributed by atoms with Gasteiger partial charge in [-0.2, -0.15) is 0 Å². The van der Waals surface area contributed by atoms with Crippen molar-refractivity contribution in [2.45, 2.75) is 12.6 Å². The molecule has 112 valence electrons. The summed E-state index contributed by atoms with van der Waals surface area (Å²) in [6.45, 7) is 0.692. The van der Waals surface area contributed by atoms with Crippen molar-refractivity contribution < 1.29 is 14.6 Å². The second kappa shape index (κ2) is 7.67. The Morgan fingerprint density at radius 3 is 2.33 bits per heavy atom.